The van der Waals surface area contributed by atoms with Crippen molar-refractivity contribution < 1.29 is 9.53 Å². The number of benzene rings is 1. The van der Waals surface area contributed by atoms with Crippen molar-refractivity contribution in [2.45, 2.75) is 116 Å². The second-order valence-electron chi connectivity index (χ2n) is 10.5. The Bertz CT molecular complexity index is 655. The van der Waals surface area contributed by atoms with Crippen LogP contribution in [0, 0.1) is 0 Å². The minimum atomic E-state index is -0.294. The first-order valence-electron chi connectivity index (χ1n) is 15.0. The molecule has 0 aliphatic carbocycles. The average Bonchev–Trinajstić information content (AvgIpc) is 2.87. The molecule has 0 amide bonds. The van der Waals surface area contributed by atoms with E-state index < -0.39 is 0 Å². The quantitative estimate of drug-likeness (QED) is 0.0874. The monoisotopic (exact) mass is 500 g/mol. The third kappa shape index (κ3) is 20.4. The Labute approximate surface area is 223 Å². The predicted molar refractivity (Wildman–Crippen MR) is 158 cm³/mol. The van der Waals surface area contributed by atoms with E-state index in [4.69, 9.17) is 4.74 Å². The number of ether oxygens (including phenoxy) is 1. The molecule has 0 fully saturated rings. The Balaban J connectivity index is 1.90. The van der Waals surface area contributed by atoms with Gasteiger partial charge in [-0.2, -0.15) is 0 Å². The van der Waals surface area contributed by atoms with Gasteiger partial charge in [-0.05, 0) is 44.3 Å². The fourth-order valence-corrected chi connectivity index (χ4v) is 4.34. The van der Waals surface area contributed by atoms with Crippen molar-refractivity contribution in [1.29, 1.82) is 0 Å². The van der Waals surface area contributed by atoms with Crippen LogP contribution in [0.15, 0.2) is 30.3 Å². The van der Waals surface area contributed by atoms with Crippen molar-refractivity contribution in [3.63, 3.8) is 0 Å². The van der Waals surface area contributed by atoms with E-state index in [9.17, 15) is 4.79 Å². The molecule has 0 atom stereocenters. The Morgan fingerprint density at radius 2 is 1.22 bits per heavy atom. The minimum absolute atomic E-state index is 0.294. The van der Waals surface area contributed by atoms with Crippen molar-refractivity contribution in [3.05, 3.63) is 35.9 Å². The number of rotatable bonds is 24. The van der Waals surface area contributed by atoms with Crippen LogP contribution >= 0.6 is 0 Å². The van der Waals surface area contributed by atoms with E-state index in [1.54, 1.807) is 6.08 Å². The predicted octanol–water partition coefficient (Wildman–Crippen LogP) is 8.87. The van der Waals surface area contributed by atoms with Crippen molar-refractivity contribution in [3.8, 4) is 0 Å². The summed E-state index contributed by atoms with van der Waals surface area (Å²) in [5.41, 5.74) is 2.14. The second-order valence-corrected chi connectivity index (χ2v) is 10.5. The van der Waals surface area contributed by atoms with Gasteiger partial charge < -0.3 is 15.0 Å². The lowest BCUT2D eigenvalue weighted by Crippen LogP contribution is -2.19. The van der Waals surface area contributed by atoms with Crippen LogP contribution in [0.25, 0.3) is 6.08 Å². The van der Waals surface area contributed by atoms with Crippen LogP contribution in [0.2, 0.25) is 0 Å². The molecule has 0 radical (unpaired) electrons. The molecular weight excluding hydrogens is 444 g/mol. The molecule has 0 saturated heterocycles. The molecule has 206 valence electrons. The van der Waals surface area contributed by atoms with Crippen LogP contribution in [0.3, 0.4) is 0 Å². The lowest BCUT2D eigenvalue weighted by atomic mass is 10.0. The Hall–Kier alpha value is -1.81. The van der Waals surface area contributed by atoms with Crippen LogP contribution in [0.4, 0.5) is 5.69 Å². The van der Waals surface area contributed by atoms with Gasteiger partial charge in [0.05, 0.1) is 0 Å². The molecule has 0 spiro atoms. The zero-order valence-electron chi connectivity index (χ0n) is 23.9. The van der Waals surface area contributed by atoms with Gasteiger partial charge in [0.15, 0.2) is 0 Å². The number of unbranched alkanes of at least 4 members (excludes halogenated alkanes) is 16. The number of anilines is 1. The first-order valence-corrected chi connectivity index (χ1v) is 15.0. The molecule has 0 saturated carbocycles. The first kappa shape index (κ1) is 32.2. The second kappa shape index (κ2) is 23.6. The number of nitrogens with one attached hydrogen (secondary N) is 1. The third-order valence-electron chi connectivity index (χ3n) is 6.71. The van der Waals surface area contributed by atoms with Crippen LogP contribution < -0.4 is 5.32 Å². The van der Waals surface area contributed by atoms with Gasteiger partial charge in [0, 0.05) is 24.9 Å². The Morgan fingerprint density at radius 3 is 1.69 bits per heavy atom. The SMILES string of the molecule is CCCCCCCCCCCCCCCCCCCNc1ccc(C=CC(=O)OCCN(C)C)cc1. The van der Waals surface area contributed by atoms with Crippen molar-refractivity contribution in [2.75, 3.05) is 39.1 Å². The van der Waals surface area contributed by atoms with Gasteiger partial charge in [-0.1, -0.05) is 122 Å². The van der Waals surface area contributed by atoms with Gasteiger partial charge in [0.1, 0.15) is 6.61 Å². The molecule has 0 unspecified atom stereocenters. The standard InChI is InChI=1S/C32H56N2O2/c1-4-5-6-7-8-9-10-11-12-13-14-15-16-17-18-19-20-27-33-31-24-21-30(22-25-31)23-26-32(35)36-29-28-34(2)3/h21-26,33H,4-20,27-29H2,1-3H3. The summed E-state index contributed by atoms with van der Waals surface area (Å²) in [4.78, 5) is 13.7. The molecule has 1 aromatic carbocycles. The number of likely N-dealkylation sites (N-methyl/N-ethyl adjacent to an activating group) is 1. The summed E-state index contributed by atoms with van der Waals surface area (Å²) in [6, 6.07) is 8.20. The van der Waals surface area contributed by atoms with Gasteiger partial charge >= 0.3 is 5.97 Å². The topological polar surface area (TPSA) is 41.6 Å². The maximum atomic E-state index is 11.7. The number of carbonyl (C=O) groups is 1. The van der Waals surface area contributed by atoms with Crippen molar-refractivity contribution in [1.82, 2.24) is 4.90 Å². The van der Waals surface area contributed by atoms with E-state index in [2.05, 4.69) is 24.4 Å². The highest BCUT2D eigenvalue weighted by Crippen LogP contribution is 2.15. The molecule has 0 bridgehead atoms. The number of nitrogens with zero attached hydrogens (tertiary/aromatic N) is 1. The van der Waals surface area contributed by atoms with E-state index in [1.165, 1.54) is 115 Å². The van der Waals surface area contributed by atoms with E-state index in [0.717, 1.165) is 24.3 Å². The van der Waals surface area contributed by atoms with E-state index in [0.29, 0.717) is 6.61 Å². The first-order chi connectivity index (χ1) is 17.6. The molecule has 1 N–H and O–H groups in total. The van der Waals surface area contributed by atoms with Gasteiger partial charge in [-0.3, -0.25) is 0 Å². The average molecular weight is 501 g/mol. The van der Waals surface area contributed by atoms with Gasteiger partial charge in [-0.25, -0.2) is 4.79 Å². The molecule has 0 aliphatic rings. The summed E-state index contributed by atoms with van der Waals surface area (Å²) >= 11 is 0. The highest BCUT2D eigenvalue weighted by atomic mass is 16.5. The van der Waals surface area contributed by atoms with Crippen molar-refractivity contribution >= 4 is 17.7 Å². The third-order valence-corrected chi connectivity index (χ3v) is 6.71. The number of hydrogen-bond donors (Lipinski definition) is 1. The summed E-state index contributed by atoms with van der Waals surface area (Å²) in [6.07, 6.45) is 27.2. The van der Waals surface area contributed by atoms with Crippen LogP contribution in [-0.2, 0) is 9.53 Å². The zero-order chi connectivity index (χ0) is 26.1. The number of carbonyl (C=O) groups excluding carboxylic acids is 1. The molecular formula is C32H56N2O2. The van der Waals surface area contributed by atoms with Gasteiger partial charge in [0.25, 0.3) is 0 Å². The van der Waals surface area contributed by atoms with Crippen molar-refractivity contribution in [2.24, 2.45) is 0 Å². The smallest absolute Gasteiger partial charge is 0.330 e. The van der Waals surface area contributed by atoms with E-state index in [-0.39, 0.29) is 5.97 Å². The summed E-state index contributed by atoms with van der Waals surface area (Å²) in [5, 5.41) is 3.51. The summed E-state index contributed by atoms with van der Waals surface area (Å²) < 4.78 is 5.16. The van der Waals surface area contributed by atoms with Crippen LogP contribution in [-0.4, -0.2) is 44.7 Å². The minimum Gasteiger partial charge on any atom is -0.461 e. The molecule has 0 aliphatic heterocycles. The lowest BCUT2D eigenvalue weighted by molar-refractivity contribution is -0.137. The summed E-state index contributed by atoms with van der Waals surface area (Å²) in [6.45, 7) is 4.46. The Kier molecular flexibility index (Phi) is 21.1. The molecule has 0 heterocycles. The lowest BCUT2D eigenvalue weighted by Gasteiger charge is -2.08. The molecule has 1 rings (SSSR count). The molecule has 0 aromatic heterocycles. The fourth-order valence-electron chi connectivity index (χ4n) is 4.34. The van der Waals surface area contributed by atoms with Crippen LogP contribution in [0.1, 0.15) is 122 Å². The van der Waals surface area contributed by atoms with Gasteiger partial charge in [-0.15, -0.1) is 0 Å². The Morgan fingerprint density at radius 1 is 0.750 bits per heavy atom. The summed E-state index contributed by atoms with van der Waals surface area (Å²) in [7, 11) is 3.92. The molecule has 4 heteroatoms. The number of esters is 1. The van der Waals surface area contributed by atoms with Gasteiger partial charge in [0.2, 0.25) is 0 Å². The van der Waals surface area contributed by atoms with E-state index in [1.807, 2.05) is 31.1 Å². The largest absolute Gasteiger partial charge is 0.461 e. The van der Waals surface area contributed by atoms with E-state index >= 15 is 0 Å². The molecule has 36 heavy (non-hydrogen) atoms. The highest BCUT2D eigenvalue weighted by Gasteiger charge is 1.99. The maximum absolute atomic E-state index is 11.7. The molecule has 4 nitrogen and oxygen atoms in total. The fraction of sp³-hybridized carbons (Fsp3) is 0.719. The molecule has 1 aromatic rings. The number of hydrogen-bond acceptors (Lipinski definition) is 4. The normalized spacial score (nSPS) is 11.4. The summed E-state index contributed by atoms with van der Waals surface area (Å²) in [5.74, 6) is -0.294. The van der Waals surface area contributed by atoms with Crippen LogP contribution in [0.5, 0.6) is 0 Å². The highest BCUT2D eigenvalue weighted by molar-refractivity contribution is 5.87. The zero-order valence-corrected chi connectivity index (χ0v) is 23.9. The maximum Gasteiger partial charge on any atom is 0.330 e.